The molecule has 0 fully saturated rings. The van der Waals surface area contributed by atoms with Crippen LogP contribution in [0.25, 0.3) is 0 Å². The number of furan rings is 1. The summed E-state index contributed by atoms with van der Waals surface area (Å²) in [7, 11) is 1.59. The Morgan fingerprint density at radius 1 is 1.11 bits per heavy atom. The first kappa shape index (κ1) is 28.4. The summed E-state index contributed by atoms with van der Waals surface area (Å²) in [4.78, 5) is 43.0. The van der Waals surface area contributed by atoms with E-state index in [2.05, 4.69) is 33.5 Å². The number of carbonyl (C=O) groups excluding carboxylic acids is 3. The number of hydrogen-bond donors (Lipinski definition) is 2. The van der Waals surface area contributed by atoms with Crippen LogP contribution in [0.5, 0.6) is 5.75 Å². The molecule has 0 radical (unpaired) electrons. The van der Waals surface area contributed by atoms with Gasteiger partial charge in [-0.05, 0) is 58.6 Å². The molecule has 0 aliphatic heterocycles. The van der Waals surface area contributed by atoms with Gasteiger partial charge in [0.15, 0.2) is 10.4 Å². The second-order valence-electron chi connectivity index (χ2n) is 7.99. The van der Waals surface area contributed by atoms with Gasteiger partial charge in [0, 0.05) is 0 Å². The van der Waals surface area contributed by atoms with Crippen LogP contribution in [0.2, 0.25) is 0 Å². The Kier molecular flexibility index (Phi) is 12.3. The summed E-state index contributed by atoms with van der Waals surface area (Å²) in [5, 5.41) is 6.61. The van der Waals surface area contributed by atoms with Crippen molar-refractivity contribution in [3.8, 4) is 5.75 Å². The van der Waals surface area contributed by atoms with Crippen LogP contribution in [-0.2, 0) is 21.0 Å². The van der Waals surface area contributed by atoms with Crippen molar-refractivity contribution in [2.45, 2.75) is 58.6 Å². The van der Waals surface area contributed by atoms with E-state index >= 15 is 0 Å². The maximum Gasteiger partial charge on any atom is 0.288 e. The van der Waals surface area contributed by atoms with E-state index < -0.39 is 17.9 Å². The maximum atomic E-state index is 13.1. The largest absolute Gasteiger partial charge is 0.497 e. The van der Waals surface area contributed by atoms with Gasteiger partial charge in [0.2, 0.25) is 12.3 Å². The summed E-state index contributed by atoms with van der Waals surface area (Å²) in [6.45, 7) is 4.11. The number of rotatable bonds is 16. The van der Waals surface area contributed by atoms with Crippen molar-refractivity contribution in [3.05, 3.63) is 52.4 Å². The van der Waals surface area contributed by atoms with Gasteiger partial charge in [-0.3, -0.25) is 19.2 Å². The Labute approximate surface area is 214 Å². The third-order valence-electron chi connectivity index (χ3n) is 5.62. The van der Waals surface area contributed by atoms with Gasteiger partial charge in [-0.15, -0.1) is 0 Å². The number of benzene rings is 1. The molecule has 2 aromatic rings. The van der Waals surface area contributed by atoms with E-state index in [9.17, 15) is 14.4 Å². The Balaban J connectivity index is 2.02. The number of carbonyl (C=O) groups is 3. The van der Waals surface area contributed by atoms with Crippen molar-refractivity contribution < 1.29 is 28.4 Å². The number of methoxy groups -OCH3 is 1. The molecule has 2 N–H and O–H groups in total. The summed E-state index contributed by atoms with van der Waals surface area (Å²) >= 11 is 3.15. The van der Waals surface area contributed by atoms with Crippen molar-refractivity contribution in [2.75, 3.05) is 13.8 Å². The zero-order valence-electron chi connectivity index (χ0n) is 20.4. The average molecular weight is 552 g/mol. The molecule has 0 bridgehead atoms. The predicted octanol–water partition coefficient (Wildman–Crippen LogP) is 4.42. The lowest BCUT2D eigenvalue weighted by atomic mass is 9.90. The number of hydrogen-bond acceptors (Lipinski definition) is 6. The predicted molar refractivity (Wildman–Crippen MR) is 134 cm³/mol. The first-order valence-corrected chi connectivity index (χ1v) is 12.5. The number of amides is 3. The van der Waals surface area contributed by atoms with Crippen LogP contribution < -0.4 is 15.4 Å². The summed E-state index contributed by atoms with van der Waals surface area (Å²) in [6.07, 6.45) is 4.55. The summed E-state index contributed by atoms with van der Waals surface area (Å²) in [5.41, 5.74) is 0.867. The molecule has 0 aliphatic carbocycles. The minimum atomic E-state index is -0.498. The smallest absolute Gasteiger partial charge is 0.288 e. The molecule has 0 aliphatic rings. The fourth-order valence-corrected chi connectivity index (χ4v) is 4.00. The Hall–Kier alpha value is -2.85. The van der Waals surface area contributed by atoms with Crippen molar-refractivity contribution >= 4 is 34.2 Å². The van der Waals surface area contributed by atoms with Crippen LogP contribution in [-0.4, -0.2) is 43.1 Å². The van der Waals surface area contributed by atoms with E-state index in [1.54, 1.807) is 13.2 Å². The van der Waals surface area contributed by atoms with Gasteiger partial charge >= 0.3 is 0 Å². The number of halogens is 1. The standard InChI is InChI=1S/C25H34BrN3O6/c1-4-6-7-8-20(24(31)27-16-28-25(32)22-13-14-23(26)35-22)21(5-2)29(17-30)34-15-18-9-11-19(33-3)12-10-18/h9-14,17,20-21H,4-8,15-16H2,1-3H3,(H,27,31)(H,28,32)/t20-,21-/m1/s1. The van der Waals surface area contributed by atoms with Crippen LogP contribution in [0.3, 0.4) is 0 Å². The molecule has 35 heavy (non-hydrogen) atoms. The van der Waals surface area contributed by atoms with Crippen LogP contribution >= 0.6 is 15.9 Å². The Morgan fingerprint density at radius 3 is 2.43 bits per heavy atom. The minimum absolute atomic E-state index is 0.0650. The summed E-state index contributed by atoms with van der Waals surface area (Å²) in [5.74, 6) is -0.332. The van der Waals surface area contributed by atoms with Gasteiger partial charge in [-0.25, -0.2) is 5.06 Å². The van der Waals surface area contributed by atoms with Crippen molar-refractivity contribution in [1.29, 1.82) is 0 Å². The van der Waals surface area contributed by atoms with E-state index in [0.29, 0.717) is 23.9 Å². The number of unbranched alkanes of at least 4 members (excludes halogenated alkanes) is 2. The highest BCUT2D eigenvalue weighted by atomic mass is 79.9. The lowest BCUT2D eigenvalue weighted by Crippen LogP contribution is -2.48. The zero-order chi connectivity index (χ0) is 25.6. The lowest BCUT2D eigenvalue weighted by Gasteiger charge is -2.32. The molecule has 3 amide bonds. The monoisotopic (exact) mass is 551 g/mol. The lowest BCUT2D eigenvalue weighted by molar-refractivity contribution is -0.200. The molecule has 0 spiro atoms. The maximum absolute atomic E-state index is 13.1. The third-order valence-corrected chi connectivity index (χ3v) is 6.04. The quantitative estimate of drug-likeness (QED) is 0.138. The molecule has 0 saturated heterocycles. The second kappa shape index (κ2) is 15.2. The van der Waals surface area contributed by atoms with Gasteiger partial charge in [0.05, 0.1) is 25.7 Å². The highest BCUT2D eigenvalue weighted by Gasteiger charge is 2.32. The molecule has 0 saturated carbocycles. The van der Waals surface area contributed by atoms with Gasteiger partial charge in [0.25, 0.3) is 5.91 Å². The number of ether oxygens (including phenoxy) is 1. The summed E-state index contributed by atoms with van der Waals surface area (Å²) in [6, 6.07) is 10.0. The topological polar surface area (TPSA) is 110 Å². The molecule has 10 heteroatoms. The number of nitrogens with one attached hydrogen (secondary N) is 2. The van der Waals surface area contributed by atoms with Crippen LogP contribution in [0.15, 0.2) is 45.5 Å². The van der Waals surface area contributed by atoms with Crippen LogP contribution in [0.1, 0.15) is 62.1 Å². The normalized spacial score (nSPS) is 12.5. The van der Waals surface area contributed by atoms with E-state index in [1.165, 1.54) is 11.1 Å². The van der Waals surface area contributed by atoms with Crippen molar-refractivity contribution in [1.82, 2.24) is 15.7 Å². The molecule has 2 atom stereocenters. The first-order valence-electron chi connectivity index (χ1n) is 11.7. The highest BCUT2D eigenvalue weighted by molar-refractivity contribution is 9.10. The average Bonchev–Trinajstić information content (AvgIpc) is 3.31. The highest BCUT2D eigenvalue weighted by Crippen LogP contribution is 2.23. The first-order chi connectivity index (χ1) is 16.9. The molecule has 1 heterocycles. The van der Waals surface area contributed by atoms with Gasteiger partial charge < -0.3 is 19.8 Å². The molecule has 0 unspecified atom stereocenters. The molecule has 2 rings (SSSR count). The van der Waals surface area contributed by atoms with Crippen LogP contribution in [0, 0.1) is 5.92 Å². The zero-order valence-corrected chi connectivity index (χ0v) is 22.0. The molecule has 9 nitrogen and oxygen atoms in total. The third kappa shape index (κ3) is 9.03. The van der Waals surface area contributed by atoms with Gasteiger partial charge in [-0.2, -0.15) is 0 Å². The fraction of sp³-hybridized carbons (Fsp3) is 0.480. The molecular formula is C25H34BrN3O6. The summed E-state index contributed by atoms with van der Waals surface area (Å²) < 4.78 is 10.8. The minimum Gasteiger partial charge on any atom is -0.497 e. The van der Waals surface area contributed by atoms with Crippen molar-refractivity contribution in [3.63, 3.8) is 0 Å². The van der Waals surface area contributed by atoms with Crippen LogP contribution in [0.4, 0.5) is 0 Å². The Bertz CT molecular complexity index is 934. The SMILES string of the molecule is CCCCC[C@@H](C(=O)NCNC(=O)c1ccc(Br)o1)[C@@H](CC)N(C=O)OCc1ccc(OC)cc1. The molecular weight excluding hydrogens is 518 g/mol. The van der Waals surface area contributed by atoms with E-state index in [-0.39, 0.29) is 24.9 Å². The molecule has 1 aromatic heterocycles. The Morgan fingerprint density at radius 2 is 1.86 bits per heavy atom. The molecule has 1 aromatic carbocycles. The second-order valence-corrected chi connectivity index (χ2v) is 8.77. The van der Waals surface area contributed by atoms with E-state index in [0.717, 1.165) is 30.6 Å². The number of hydroxylamine groups is 2. The fourth-order valence-electron chi connectivity index (χ4n) is 3.70. The molecule has 192 valence electrons. The van der Waals surface area contributed by atoms with E-state index in [1.807, 2.05) is 31.2 Å². The van der Waals surface area contributed by atoms with Gasteiger partial charge in [-0.1, -0.05) is 45.2 Å². The van der Waals surface area contributed by atoms with E-state index in [4.69, 9.17) is 14.0 Å². The van der Waals surface area contributed by atoms with Gasteiger partial charge in [0.1, 0.15) is 12.4 Å². The van der Waals surface area contributed by atoms with Crippen molar-refractivity contribution in [2.24, 2.45) is 5.92 Å². The number of nitrogens with zero attached hydrogens (tertiary/aromatic N) is 1.